The molecule has 3 rings (SSSR count). The monoisotopic (exact) mass is 420 g/mol. The van der Waals surface area contributed by atoms with Crippen LogP contribution in [0.5, 0.6) is 0 Å². The van der Waals surface area contributed by atoms with E-state index in [1.807, 2.05) is 0 Å². The average molecular weight is 420 g/mol. The van der Waals surface area contributed by atoms with Gasteiger partial charge in [0.2, 0.25) is 5.91 Å². The Morgan fingerprint density at radius 3 is 2.55 bits per heavy atom. The lowest BCUT2D eigenvalue weighted by molar-refractivity contribution is -0.115. The van der Waals surface area contributed by atoms with Gasteiger partial charge in [-0.3, -0.25) is 4.79 Å². The Kier molecular flexibility index (Phi) is 5.78. The van der Waals surface area contributed by atoms with Crippen LogP contribution in [0.3, 0.4) is 0 Å². The molecule has 0 fully saturated rings. The van der Waals surface area contributed by atoms with E-state index in [0.717, 1.165) is 18.2 Å². The highest BCUT2D eigenvalue weighted by Crippen LogP contribution is 2.27. The molecule has 0 atom stereocenters. The first-order valence-corrected chi connectivity index (χ1v) is 10.3. The van der Waals surface area contributed by atoms with Gasteiger partial charge in [-0.05, 0) is 37.6 Å². The minimum Gasteiger partial charge on any atom is -0.356 e. The molecular formula is C20H18F2N2O4S. The fourth-order valence-electron chi connectivity index (χ4n) is 2.73. The van der Waals surface area contributed by atoms with Crippen molar-refractivity contribution in [2.45, 2.75) is 25.2 Å². The van der Waals surface area contributed by atoms with Gasteiger partial charge in [0.15, 0.2) is 15.6 Å². The van der Waals surface area contributed by atoms with Crippen LogP contribution < -0.4 is 5.32 Å². The van der Waals surface area contributed by atoms with Crippen LogP contribution in [-0.4, -0.2) is 25.2 Å². The third-order valence-electron chi connectivity index (χ3n) is 4.24. The van der Waals surface area contributed by atoms with Gasteiger partial charge in [-0.2, -0.15) is 0 Å². The largest absolute Gasteiger partial charge is 0.356 e. The minimum absolute atomic E-state index is 0.0637. The summed E-state index contributed by atoms with van der Waals surface area (Å²) in [5.74, 6) is -2.33. The summed E-state index contributed by atoms with van der Waals surface area (Å²) in [7, 11) is -3.81. The summed E-state index contributed by atoms with van der Waals surface area (Å²) in [6.45, 7) is 3.39. The van der Waals surface area contributed by atoms with E-state index < -0.39 is 39.6 Å². The number of aromatic nitrogens is 1. The van der Waals surface area contributed by atoms with Crippen LogP contribution in [0.2, 0.25) is 0 Å². The van der Waals surface area contributed by atoms with E-state index in [1.165, 1.54) is 6.07 Å². The second kappa shape index (κ2) is 8.12. The van der Waals surface area contributed by atoms with Crippen molar-refractivity contribution < 1.29 is 26.5 Å². The molecule has 29 heavy (non-hydrogen) atoms. The van der Waals surface area contributed by atoms with Crippen molar-refractivity contribution in [3.8, 4) is 11.3 Å². The van der Waals surface area contributed by atoms with Gasteiger partial charge >= 0.3 is 0 Å². The highest BCUT2D eigenvalue weighted by atomic mass is 32.2. The lowest BCUT2D eigenvalue weighted by Gasteiger charge is -2.10. The maximum Gasteiger partial charge on any atom is 0.225 e. The van der Waals surface area contributed by atoms with E-state index in [1.54, 1.807) is 32.0 Å². The zero-order valence-electron chi connectivity index (χ0n) is 15.7. The zero-order chi connectivity index (χ0) is 21.2. The van der Waals surface area contributed by atoms with Gasteiger partial charge in [-0.15, -0.1) is 0 Å². The number of hydrogen-bond donors (Lipinski definition) is 1. The number of halogens is 2. The Bertz CT molecular complexity index is 1170. The Morgan fingerprint density at radius 1 is 1.10 bits per heavy atom. The van der Waals surface area contributed by atoms with Crippen LogP contribution in [-0.2, 0) is 14.6 Å². The molecule has 0 bridgehead atoms. The second-order valence-corrected chi connectivity index (χ2v) is 8.63. The fraction of sp³-hybridized carbons (Fsp3) is 0.200. The SMILES string of the molecule is Cc1cc(-c2ccc(C)c(S(=O)(=O)CCC(=O)Nc3cc(F)ccc3F)c2)on1. The molecule has 0 radical (unpaired) electrons. The topological polar surface area (TPSA) is 89.3 Å². The molecule has 1 amide bonds. The van der Waals surface area contributed by atoms with Crippen molar-refractivity contribution in [1.29, 1.82) is 0 Å². The van der Waals surface area contributed by atoms with E-state index in [2.05, 4.69) is 10.5 Å². The summed E-state index contributed by atoms with van der Waals surface area (Å²) in [4.78, 5) is 12.1. The van der Waals surface area contributed by atoms with Crippen molar-refractivity contribution >= 4 is 21.4 Å². The van der Waals surface area contributed by atoms with Gasteiger partial charge in [-0.25, -0.2) is 17.2 Å². The molecule has 6 nitrogen and oxygen atoms in total. The highest BCUT2D eigenvalue weighted by Gasteiger charge is 2.21. The van der Waals surface area contributed by atoms with Crippen LogP contribution in [0.25, 0.3) is 11.3 Å². The smallest absolute Gasteiger partial charge is 0.225 e. The molecule has 2 aromatic carbocycles. The quantitative estimate of drug-likeness (QED) is 0.650. The summed E-state index contributed by atoms with van der Waals surface area (Å²) < 4.78 is 57.5. The number of aryl methyl sites for hydroxylation is 2. The van der Waals surface area contributed by atoms with E-state index in [0.29, 0.717) is 22.6 Å². The van der Waals surface area contributed by atoms with Crippen LogP contribution in [0.15, 0.2) is 51.9 Å². The molecule has 1 N–H and O–H groups in total. The molecule has 0 spiro atoms. The van der Waals surface area contributed by atoms with Crippen molar-refractivity contribution in [3.05, 3.63) is 65.4 Å². The summed E-state index contributed by atoms with van der Waals surface area (Å²) in [5, 5.41) is 5.97. The Hall–Kier alpha value is -3.07. The van der Waals surface area contributed by atoms with Crippen molar-refractivity contribution in [2.24, 2.45) is 0 Å². The van der Waals surface area contributed by atoms with Gasteiger partial charge in [0.25, 0.3) is 0 Å². The highest BCUT2D eigenvalue weighted by molar-refractivity contribution is 7.91. The number of nitrogens with zero attached hydrogens (tertiary/aromatic N) is 1. The van der Waals surface area contributed by atoms with Crippen LogP contribution in [0.4, 0.5) is 14.5 Å². The van der Waals surface area contributed by atoms with E-state index in [9.17, 15) is 22.0 Å². The number of nitrogens with one attached hydrogen (secondary N) is 1. The summed E-state index contributed by atoms with van der Waals surface area (Å²) in [6.07, 6.45) is -0.413. The number of anilines is 1. The number of amides is 1. The molecule has 0 aliphatic rings. The number of rotatable bonds is 6. The minimum atomic E-state index is -3.81. The molecule has 3 aromatic rings. The first-order chi connectivity index (χ1) is 13.7. The zero-order valence-corrected chi connectivity index (χ0v) is 16.5. The van der Waals surface area contributed by atoms with Gasteiger partial charge in [0.1, 0.15) is 11.6 Å². The molecule has 0 aliphatic heterocycles. The van der Waals surface area contributed by atoms with Crippen molar-refractivity contribution in [2.75, 3.05) is 11.1 Å². The van der Waals surface area contributed by atoms with Crippen molar-refractivity contribution in [3.63, 3.8) is 0 Å². The van der Waals surface area contributed by atoms with Crippen molar-refractivity contribution in [1.82, 2.24) is 5.16 Å². The maximum absolute atomic E-state index is 13.6. The summed E-state index contributed by atoms with van der Waals surface area (Å²) >= 11 is 0. The molecule has 0 aliphatic carbocycles. The molecule has 9 heteroatoms. The third kappa shape index (κ3) is 4.86. The lowest BCUT2D eigenvalue weighted by atomic mass is 10.1. The number of carbonyl (C=O) groups is 1. The number of hydrogen-bond acceptors (Lipinski definition) is 5. The third-order valence-corrected chi connectivity index (χ3v) is 6.09. The molecule has 0 saturated carbocycles. The van der Waals surface area contributed by atoms with Crippen LogP contribution >= 0.6 is 0 Å². The lowest BCUT2D eigenvalue weighted by Crippen LogP contribution is -2.18. The molecule has 1 heterocycles. The molecule has 0 saturated heterocycles. The summed E-state index contributed by atoms with van der Waals surface area (Å²) in [6, 6.07) is 9.13. The fourth-order valence-corrected chi connectivity index (χ4v) is 4.27. The Morgan fingerprint density at radius 2 is 1.86 bits per heavy atom. The molecule has 1 aromatic heterocycles. The number of sulfone groups is 1. The van der Waals surface area contributed by atoms with Gasteiger partial charge in [0, 0.05) is 24.1 Å². The van der Waals surface area contributed by atoms with Gasteiger partial charge in [0.05, 0.1) is 22.0 Å². The molecule has 152 valence electrons. The first kappa shape index (κ1) is 20.7. The predicted molar refractivity (Wildman–Crippen MR) is 103 cm³/mol. The first-order valence-electron chi connectivity index (χ1n) is 8.68. The Labute approximate surface area is 166 Å². The van der Waals surface area contributed by atoms with Crippen LogP contribution in [0.1, 0.15) is 17.7 Å². The predicted octanol–water partition coefficient (Wildman–Crippen LogP) is 4.04. The molecule has 0 unspecified atom stereocenters. The normalized spacial score (nSPS) is 11.4. The second-order valence-electron chi connectivity index (χ2n) is 6.55. The molecular weight excluding hydrogens is 402 g/mol. The van der Waals surface area contributed by atoms with E-state index >= 15 is 0 Å². The number of benzene rings is 2. The van der Waals surface area contributed by atoms with E-state index in [-0.39, 0.29) is 10.6 Å². The van der Waals surface area contributed by atoms with E-state index in [4.69, 9.17) is 4.52 Å². The van der Waals surface area contributed by atoms with Gasteiger partial charge < -0.3 is 9.84 Å². The standard InChI is InChI=1S/C20H18F2N2O4S/c1-12-3-4-14(18-9-13(2)24-28-18)10-19(12)29(26,27)8-7-20(25)23-17-11-15(21)5-6-16(17)22/h3-6,9-11H,7-8H2,1-2H3,(H,23,25). The van der Waals surface area contributed by atoms with Crippen LogP contribution in [0, 0.1) is 25.5 Å². The number of carbonyl (C=O) groups excluding carboxylic acids is 1. The van der Waals surface area contributed by atoms with Gasteiger partial charge in [-0.1, -0.05) is 17.3 Å². The Balaban J connectivity index is 1.75. The maximum atomic E-state index is 13.6. The summed E-state index contributed by atoms with van der Waals surface area (Å²) in [5.41, 5.74) is 1.38. The average Bonchev–Trinajstić information content (AvgIpc) is 3.10.